The van der Waals surface area contributed by atoms with Crippen LogP contribution in [0.2, 0.25) is 0 Å². The second-order valence-electron chi connectivity index (χ2n) is 7.59. The summed E-state index contributed by atoms with van der Waals surface area (Å²) in [5, 5.41) is 6.70. The number of ether oxygens (including phenoxy) is 3. The predicted octanol–water partition coefficient (Wildman–Crippen LogP) is 3.50. The Kier molecular flexibility index (Phi) is 8.55. The van der Waals surface area contributed by atoms with E-state index in [2.05, 4.69) is 51.7 Å². The number of nitrogens with one attached hydrogen (secondary N) is 2. The van der Waals surface area contributed by atoms with E-state index in [4.69, 9.17) is 14.2 Å². The quantitative estimate of drug-likeness (QED) is 0.497. The molecular formula is C24H34N4O3. The highest BCUT2D eigenvalue weighted by molar-refractivity contribution is 5.93. The molecule has 1 unspecified atom stereocenters. The first-order valence-corrected chi connectivity index (χ1v) is 10.8. The van der Waals surface area contributed by atoms with Crippen molar-refractivity contribution in [3.05, 3.63) is 53.6 Å². The van der Waals surface area contributed by atoms with Crippen molar-refractivity contribution in [1.82, 2.24) is 10.2 Å². The molecule has 2 aromatic rings. The molecule has 7 heteroatoms. The van der Waals surface area contributed by atoms with Crippen molar-refractivity contribution in [3.63, 3.8) is 0 Å². The number of morpholine rings is 1. The normalized spacial score (nSPS) is 17.3. The van der Waals surface area contributed by atoms with E-state index in [-0.39, 0.29) is 0 Å². The fraction of sp³-hybridized carbons (Fsp3) is 0.458. The second-order valence-corrected chi connectivity index (χ2v) is 7.59. The predicted molar refractivity (Wildman–Crippen MR) is 125 cm³/mol. The number of guanidine groups is 1. The van der Waals surface area contributed by atoms with E-state index in [0.29, 0.717) is 36.7 Å². The first-order chi connectivity index (χ1) is 15.1. The number of benzene rings is 2. The van der Waals surface area contributed by atoms with Crippen LogP contribution in [-0.4, -0.2) is 57.4 Å². The molecule has 0 spiro atoms. The highest BCUT2D eigenvalue weighted by Crippen LogP contribution is 2.30. The molecule has 1 saturated heterocycles. The molecular weight excluding hydrogens is 392 g/mol. The zero-order valence-corrected chi connectivity index (χ0v) is 19.0. The Bertz CT molecular complexity index is 872. The summed E-state index contributed by atoms with van der Waals surface area (Å²) in [5.41, 5.74) is 3.41. The lowest BCUT2D eigenvalue weighted by Crippen LogP contribution is -2.40. The van der Waals surface area contributed by atoms with Crippen LogP contribution in [0.3, 0.4) is 0 Å². The number of hydrogen-bond donors (Lipinski definition) is 2. The van der Waals surface area contributed by atoms with Gasteiger partial charge < -0.3 is 24.8 Å². The Balaban J connectivity index is 1.58. The zero-order chi connectivity index (χ0) is 22.1. The summed E-state index contributed by atoms with van der Waals surface area (Å²) >= 11 is 0. The van der Waals surface area contributed by atoms with Crippen molar-refractivity contribution in [2.75, 3.05) is 45.8 Å². The summed E-state index contributed by atoms with van der Waals surface area (Å²) in [6.07, 6.45) is 0.300. The van der Waals surface area contributed by atoms with Gasteiger partial charge in [0, 0.05) is 45.0 Å². The van der Waals surface area contributed by atoms with Gasteiger partial charge in [0.05, 0.1) is 26.4 Å². The van der Waals surface area contributed by atoms with Gasteiger partial charge in [-0.25, -0.2) is 0 Å². The van der Waals surface area contributed by atoms with Crippen LogP contribution in [0.25, 0.3) is 0 Å². The second kappa shape index (κ2) is 11.6. The number of methoxy groups -OCH3 is 1. The fourth-order valence-electron chi connectivity index (χ4n) is 3.65. The first kappa shape index (κ1) is 22.9. The van der Waals surface area contributed by atoms with Crippen LogP contribution in [0.5, 0.6) is 11.5 Å². The molecule has 0 bridgehead atoms. The molecule has 1 aliphatic heterocycles. The van der Waals surface area contributed by atoms with Gasteiger partial charge >= 0.3 is 0 Å². The summed E-state index contributed by atoms with van der Waals surface area (Å²) in [4.78, 5) is 6.79. The molecule has 2 aromatic carbocycles. The summed E-state index contributed by atoms with van der Waals surface area (Å²) in [7, 11) is 3.40. The maximum atomic E-state index is 5.66. The first-order valence-electron chi connectivity index (χ1n) is 10.8. The summed E-state index contributed by atoms with van der Waals surface area (Å²) in [5.74, 6) is 2.11. The van der Waals surface area contributed by atoms with E-state index in [1.165, 1.54) is 11.1 Å². The van der Waals surface area contributed by atoms with E-state index < -0.39 is 0 Å². The van der Waals surface area contributed by atoms with Crippen molar-refractivity contribution in [2.45, 2.75) is 33.0 Å². The number of nitrogens with zero attached hydrogens (tertiary/aromatic N) is 2. The standard InChI is InChI=1S/C24H34N4O3/c1-5-30-23-14-21(9-10-22(23)29-4)27-24(25-3)26-15-19-7-6-8-20(13-19)17-28-11-12-31-18(2)16-28/h6-10,13-14,18H,5,11-12,15-17H2,1-4H3,(H2,25,26,27). The van der Waals surface area contributed by atoms with Crippen LogP contribution < -0.4 is 20.1 Å². The SMILES string of the molecule is CCOc1cc(NC(=NC)NCc2cccc(CN3CCOC(C)C3)c2)ccc1OC. The molecule has 31 heavy (non-hydrogen) atoms. The average molecular weight is 427 g/mol. The van der Waals surface area contributed by atoms with Crippen LogP contribution >= 0.6 is 0 Å². The topological polar surface area (TPSA) is 67.4 Å². The Labute approximate surface area is 185 Å². The molecule has 0 aromatic heterocycles. The van der Waals surface area contributed by atoms with Crippen LogP contribution in [0, 0.1) is 0 Å². The molecule has 1 atom stereocenters. The minimum atomic E-state index is 0.300. The van der Waals surface area contributed by atoms with Gasteiger partial charge in [0.25, 0.3) is 0 Å². The summed E-state index contributed by atoms with van der Waals surface area (Å²) in [6, 6.07) is 14.4. The molecule has 2 N–H and O–H groups in total. The maximum Gasteiger partial charge on any atom is 0.195 e. The van der Waals surface area contributed by atoms with Crippen LogP contribution in [-0.2, 0) is 17.8 Å². The summed E-state index contributed by atoms with van der Waals surface area (Å²) in [6.45, 7) is 9.05. The Morgan fingerprint density at radius 3 is 2.77 bits per heavy atom. The zero-order valence-electron chi connectivity index (χ0n) is 19.0. The Morgan fingerprint density at radius 1 is 1.19 bits per heavy atom. The molecule has 0 amide bonds. The molecule has 168 valence electrons. The number of rotatable bonds is 8. The molecule has 0 saturated carbocycles. The molecule has 3 rings (SSSR count). The molecule has 1 fully saturated rings. The van der Waals surface area contributed by atoms with Crippen molar-refractivity contribution in [2.24, 2.45) is 4.99 Å². The van der Waals surface area contributed by atoms with Gasteiger partial charge in [-0.1, -0.05) is 24.3 Å². The lowest BCUT2D eigenvalue weighted by atomic mass is 10.1. The van der Waals surface area contributed by atoms with Crippen molar-refractivity contribution < 1.29 is 14.2 Å². The third kappa shape index (κ3) is 6.87. The number of aliphatic imine (C=N–C) groups is 1. The smallest absolute Gasteiger partial charge is 0.195 e. The maximum absolute atomic E-state index is 5.66. The van der Waals surface area contributed by atoms with Crippen molar-refractivity contribution >= 4 is 11.6 Å². The van der Waals surface area contributed by atoms with E-state index in [1.54, 1.807) is 14.2 Å². The van der Waals surface area contributed by atoms with E-state index in [1.807, 2.05) is 25.1 Å². The minimum absolute atomic E-state index is 0.300. The molecule has 7 nitrogen and oxygen atoms in total. The molecule has 0 radical (unpaired) electrons. The Morgan fingerprint density at radius 2 is 2.03 bits per heavy atom. The fourth-order valence-corrected chi connectivity index (χ4v) is 3.65. The van der Waals surface area contributed by atoms with Crippen LogP contribution in [0.1, 0.15) is 25.0 Å². The largest absolute Gasteiger partial charge is 0.493 e. The highest BCUT2D eigenvalue weighted by Gasteiger charge is 2.16. The van der Waals surface area contributed by atoms with E-state index in [0.717, 1.165) is 31.9 Å². The number of anilines is 1. The number of hydrogen-bond acceptors (Lipinski definition) is 5. The third-order valence-electron chi connectivity index (χ3n) is 5.13. The van der Waals surface area contributed by atoms with Gasteiger partial charge in [-0.15, -0.1) is 0 Å². The lowest BCUT2D eigenvalue weighted by Gasteiger charge is -2.31. The van der Waals surface area contributed by atoms with Gasteiger partial charge in [-0.2, -0.15) is 0 Å². The van der Waals surface area contributed by atoms with Gasteiger partial charge in [0.1, 0.15) is 0 Å². The van der Waals surface area contributed by atoms with Crippen LogP contribution in [0.4, 0.5) is 5.69 Å². The minimum Gasteiger partial charge on any atom is -0.493 e. The lowest BCUT2D eigenvalue weighted by molar-refractivity contribution is -0.0212. The summed E-state index contributed by atoms with van der Waals surface area (Å²) < 4.78 is 16.7. The monoisotopic (exact) mass is 426 g/mol. The molecule has 1 heterocycles. The van der Waals surface area contributed by atoms with Crippen molar-refractivity contribution in [1.29, 1.82) is 0 Å². The van der Waals surface area contributed by atoms with Crippen LogP contribution in [0.15, 0.2) is 47.5 Å². The molecule has 0 aliphatic carbocycles. The van der Waals surface area contributed by atoms with Gasteiger partial charge in [0.2, 0.25) is 0 Å². The average Bonchev–Trinajstić information content (AvgIpc) is 2.77. The van der Waals surface area contributed by atoms with Gasteiger partial charge in [-0.05, 0) is 37.1 Å². The molecule has 1 aliphatic rings. The Hall–Kier alpha value is -2.77. The van der Waals surface area contributed by atoms with Gasteiger partial charge in [-0.3, -0.25) is 9.89 Å². The van der Waals surface area contributed by atoms with E-state index in [9.17, 15) is 0 Å². The van der Waals surface area contributed by atoms with Crippen molar-refractivity contribution in [3.8, 4) is 11.5 Å². The third-order valence-corrected chi connectivity index (χ3v) is 5.13. The highest BCUT2D eigenvalue weighted by atomic mass is 16.5. The van der Waals surface area contributed by atoms with Gasteiger partial charge in [0.15, 0.2) is 17.5 Å². The van der Waals surface area contributed by atoms with E-state index >= 15 is 0 Å².